The molecule has 0 bridgehead atoms. The van der Waals surface area contributed by atoms with Gasteiger partial charge in [-0.3, -0.25) is 9.59 Å². The summed E-state index contributed by atoms with van der Waals surface area (Å²) in [5.41, 5.74) is 2.25. The molecule has 7 heteroatoms. The maximum Gasteiger partial charge on any atom is 0.259 e. The monoisotopic (exact) mass is 427 g/mol. The highest BCUT2D eigenvalue weighted by Crippen LogP contribution is 2.33. The fraction of sp³-hybridized carbons (Fsp3) is 0.409. The van der Waals surface area contributed by atoms with Gasteiger partial charge in [0.2, 0.25) is 5.91 Å². The third-order valence-electron chi connectivity index (χ3n) is 5.45. The number of carbonyl (C=O) groups excluding carboxylic acids is 1. The van der Waals surface area contributed by atoms with E-state index >= 15 is 0 Å². The van der Waals surface area contributed by atoms with Crippen molar-refractivity contribution in [3.05, 3.63) is 56.4 Å². The number of nitrogens with zero attached hydrogens (tertiary/aromatic N) is 2. The number of hydrogen-bond donors (Lipinski definition) is 1. The van der Waals surface area contributed by atoms with Gasteiger partial charge in [-0.2, -0.15) is 0 Å². The molecule has 3 aromatic rings. The van der Waals surface area contributed by atoms with Gasteiger partial charge in [0.25, 0.3) is 5.56 Å². The maximum absolute atomic E-state index is 12.6. The average Bonchev–Trinajstić information content (AvgIpc) is 3.11. The first-order valence-electron chi connectivity index (χ1n) is 9.95. The Morgan fingerprint density at radius 1 is 1.24 bits per heavy atom. The van der Waals surface area contributed by atoms with Crippen molar-refractivity contribution in [2.45, 2.75) is 50.0 Å². The molecule has 0 unspecified atom stereocenters. The first-order valence-corrected chi connectivity index (χ1v) is 12.0. The van der Waals surface area contributed by atoms with E-state index in [4.69, 9.17) is 0 Å². The van der Waals surface area contributed by atoms with Crippen molar-refractivity contribution >= 4 is 39.2 Å². The Hall–Kier alpha value is -2.12. The number of aromatic nitrogens is 2. The number of fused-ring (bicyclic) bond motifs is 3. The number of benzene rings is 1. The van der Waals surface area contributed by atoms with Crippen molar-refractivity contribution in [1.82, 2.24) is 14.9 Å². The first-order chi connectivity index (χ1) is 14.0. The van der Waals surface area contributed by atoms with Crippen LogP contribution >= 0.6 is 23.1 Å². The highest BCUT2D eigenvalue weighted by atomic mass is 32.2. The fourth-order valence-electron chi connectivity index (χ4n) is 3.84. The van der Waals surface area contributed by atoms with Crippen LogP contribution in [0.4, 0.5) is 0 Å². The number of amides is 1. The van der Waals surface area contributed by atoms with E-state index in [9.17, 15) is 9.59 Å². The van der Waals surface area contributed by atoms with Crippen molar-refractivity contribution in [2.75, 3.05) is 13.3 Å². The molecule has 0 saturated heterocycles. The average molecular weight is 428 g/mol. The summed E-state index contributed by atoms with van der Waals surface area (Å²) in [5, 5.41) is 0.769. The van der Waals surface area contributed by atoms with Gasteiger partial charge >= 0.3 is 0 Å². The summed E-state index contributed by atoms with van der Waals surface area (Å²) in [6.07, 6.45) is 7.17. The van der Waals surface area contributed by atoms with E-state index in [1.807, 2.05) is 13.3 Å². The minimum absolute atomic E-state index is 0.0483. The zero-order valence-corrected chi connectivity index (χ0v) is 18.4. The van der Waals surface area contributed by atoms with Gasteiger partial charge in [-0.05, 0) is 55.2 Å². The summed E-state index contributed by atoms with van der Waals surface area (Å²) in [4.78, 5) is 37.8. The van der Waals surface area contributed by atoms with Gasteiger partial charge in [-0.25, -0.2) is 4.98 Å². The van der Waals surface area contributed by atoms with E-state index in [-0.39, 0.29) is 11.5 Å². The number of rotatable bonds is 6. The Kier molecular flexibility index (Phi) is 6.06. The van der Waals surface area contributed by atoms with Crippen LogP contribution < -0.4 is 5.56 Å². The molecule has 4 rings (SSSR count). The second-order valence-electron chi connectivity index (χ2n) is 7.50. The van der Waals surface area contributed by atoms with Crippen molar-refractivity contribution in [2.24, 2.45) is 0 Å². The molecule has 0 atom stereocenters. The third-order valence-corrected chi connectivity index (χ3v) is 7.38. The van der Waals surface area contributed by atoms with Crippen LogP contribution in [-0.4, -0.2) is 34.1 Å². The molecule has 2 heterocycles. The van der Waals surface area contributed by atoms with Crippen LogP contribution in [0, 0.1) is 0 Å². The van der Waals surface area contributed by atoms with E-state index in [0.29, 0.717) is 25.2 Å². The Morgan fingerprint density at radius 2 is 2.00 bits per heavy atom. The van der Waals surface area contributed by atoms with Gasteiger partial charge in [-0.15, -0.1) is 23.1 Å². The van der Waals surface area contributed by atoms with Crippen molar-refractivity contribution in [1.29, 1.82) is 0 Å². The molecular formula is C22H25N3O2S2. The molecule has 1 aliphatic carbocycles. The highest BCUT2D eigenvalue weighted by molar-refractivity contribution is 7.98. The Labute approximate surface area is 178 Å². The van der Waals surface area contributed by atoms with E-state index in [1.54, 1.807) is 28.0 Å². The number of hydrogen-bond acceptors (Lipinski definition) is 5. The maximum atomic E-state index is 12.6. The van der Waals surface area contributed by atoms with Crippen LogP contribution in [0.25, 0.3) is 10.2 Å². The lowest BCUT2D eigenvalue weighted by atomic mass is 9.97. The summed E-state index contributed by atoms with van der Waals surface area (Å²) >= 11 is 3.35. The number of thioether (sulfide) groups is 1. The van der Waals surface area contributed by atoms with Crippen molar-refractivity contribution in [3.63, 3.8) is 0 Å². The minimum Gasteiger partial charge on any atom is -0.341 e. The Balaban J connectivity index is 1.42. The molecule has 1 amide bonds. The van der Waals surface area contributed by atoms with Crippen LogP contribution in [0.5, 0.6) is 0 Å². The summed E-state index contributed by atoms with van der Waals surface area (Å²) in [6.45, 7) is 0.578. The Bertz CT molecular complexity index is 1090. The summed E-state index contributed by atoms with van der Waals surface area (Å²) < 4.78 is 0. The number of carbonyl (C=O) groups is 1. The largest absolute Gasteiger partial charge is 0.341 e. The van der Waals surface area contributed by atoms with Gasteiger partial charge < -0.3 is 9.88 Å². The second kappa shape index (κ2) is 8.71. The quantitative estimate of drug-likeness (QED) is 0.600. The smallest absolute Gasteiger partial charge is 0.259 e. The lowest BCUT2D eigenvalue weighted by Gasteiger charge is -2.17. The Morgan fingerprint density at radius 3 is 2.76 bits per heavy atom. The van der Waals surface area contributed by atoms with Gasteiger partial charge in [0.1, 0.15) is 10.7 Å². The van der Waals surface area contributed by atoms with Gasteiger partial charge in [0.15, 0.2) is 0 Å². The van der Waals surface area contributed by atoms with Crippen LogP contribution in [0.3, 0.4) is 0 Å². The number of H-pyrrole nitrogens is 1. The summed E-state index contributed by atoms with van der Waals surface area (Å²) in [6, 6.07) is 8.26. The number of aromatic amines is 1. The molecule has 0 aliphatic heterocycles. The zero-order valence-electron chi connectivity index (χ0n) is 16.8. The standard InChI is InChI=1S/C22H25N3O2S2/c1-25(13-14-7-9-15(28-2)10-8-14)19(26)12-11-18-23-21(27)20-16-5-3-4-6-17(16)29-22(20)24-18/h7-10H,3-6,11-13H2,1-2H3,(H,23,24,27). The minimum atomic E-state index is -0.0564. The fourth-order valence-corrected chi connectivity index (χ4v) is 5.53. The molecule has 0 fully saturated rings. The molecule has 0 radical (unpaired) electrons. The van der Waals surface area contributed by atoms with Crippen LogP contribution in [-0.2, 0) is 30.6 Å². The predicted octanol–water partition coefficient (Wildman–Crippen LogP) is 4.18. The number of thiophene rings is 1. The molecule has 0 spiro atoms. The lowest BCUT2D eigenvalue weighted by molar-refractivity contribution is -0.130. The highest BCUT2D eigenvalue weighted by Gasteiger charge is 2.20. The number of aryl methyl sites for hydroxylation is 3. The zero-order chi connectivity index (χ0) is 20.4. The lowest BCUT2D eigenvalue weighted by Crippen LogP contribution is -2.26. The first kappa shape index (κ1) is 20.2. The molecule has 0 saturated carbocycles. The molecule has 1 aliphatic rings. The summed E-state index contributed by atoms with van der Waals surface area (Å²) in [7, 11) is 1.82. The van der Waals surface area contributed by atoms with E-state index in [0.717, 1.165) is 35.0 Å². The van der Waals surface area contributed by atoms with E-state index in [2.05, 4.69) is 34.2 Å². The van der Waals surface area contributed by atoms with Gasteiger partial charge in [0, 0.05) is 36.2 Å². The molecule has 5 nitrogen and oxygen atoms in total. The SMILES string of the molecule is CSc1ccc(CN(C)C(=O)CCc2nc3sc4c(c3c(=O)[nH]2)CCCC4)cc1. The molecule has 1 aromatic carbocycles. The molecule has 29 heavy (non-hydrogen) atoms. The van der Waals surface area contributed by atoms with Crippen LogP contribution in [0.1, 0.15) is 41.1 Å². The van der Waals surface area contributed by atoms with E-state index < -0.39 is 0 Å². The van der Waals surface area contributed by atoms with Gasteiger partial charge in [0.05, 0.1) is 5.39 Å². The van der Waals surface area contributed by atoms with Crippen LogP contribution in [0.2, 0.25) is 0 Å². The van der Waals surface area contributed by atoms with Crippen molar-refractivity contribution < 1.29 is 4.79 Å². The van der Waals surface area contributed by atoms with Crippen molar-refractivity contribution in [3.8, 4) is 0 Å². The molecule has 1 N–H and O–H groups in total. The van der Waals surface area contributed by atoms with Gasteiger partial charge in [-0.1, -0.05) is 12.1 Å². The second-order valence-corrected chi connectivity index (χ2v) is 9.46. The number of nitrogens with one attached hydrogen (secondary N) is 1. The molecule has 2 aromatic heterocycles. The third kappa shape index (κ3) is 4.41. The summed E-state index contributed by atoms with van der Waals surface area (Å²) in [5.74, 6) is 0.652. The predicted molar refractivity (Wildman–Crippen MR) is 120 cm³/mol. The normalized spacial score (nSPS) is 13.4. The van der Waals surface area contributed by atoms with E-state index in [1.165, 1.54) is 21.8 Å². The molecule has 152 valence electrons. The topological polar surface area (TPSA) is 66.1 Å². The van der Waals surface area contributed by atoms with Crippen LogP contribution in [0.15, 0.2) is 34.0 Å². The molecular weight excluding hydrogens is 402 g/mol.